The summed E-state index contributed by atoms with van der Waals surface area (Å²) in [6.07, 6.45) is 5.33. The summed E-state index contributed by atoms with van der Waals surface area (Å²) in [5.74, 6) is -0.169. The summed E-state index contributed by atoms with van der Waals surface area (Å²) < 4.78 is 7.46. The Hall–Kier alpha value is -4.26. The molecule has 2 aliphatic rings. The van der Waals surface area contributed by atoms with E-state index in [9.17, 15) is 14.9 Å². The lowest BCUT2D eigenvalue weighted by molar-refractivity contribution is 0.0199. The Bertz CT molecular complexity index is 1340. The normalized spacial score (nSPS) is 19.3. The second-order valence-electron chi connectivity index (χ2n) is 10.1. The van der Waals surface area contributed by atoms with Crippen LogP contribution < -0.4 is 0 Å². The molecule has 5 rings (SSSR count). The molecule has 0 aromatic carbocycles. The summed E-state index contributed by atoms with van der Waals surface area (Å²) in [6, 6.07) is 10.6. The number of aromatic nitrogens is 4. The molecule has 184 valence electrons. The number of nitriles is 1. The van der Waals surface area contributed by atoms with E-state index in [-0.39, 0.29) is 18.0 Å². The maximum absolute atomic E-state index is 13.5. The SMILES string of the molecule is CC(C)(C)OC(=O)N1C[C@H](N2Cc3ccc(-c4cc(C#N)ccn4)nc3C2=O)C[C@H]1Cn1cccn1. The molecule has 2 aliphatic heterocycles. The minimum absolute atomic E-state index is 0.164. The molecule has 1 fully saturated rings. The molecule has 3 aromatic heterocycles. The number of amides is 2. The molecule has 10 nitrogen and oxygen atoms in total. The molecule has 0 radical (unpaired) electrons. The Labute approximate surface area is 209 Å². The Morgan fingerprint density at radius 1 is 1.22 bits per heavy atom. The summed E-state index contributed by atoms with van der Waals surface area (Å²) >= 11 is 0. The van der Waals surface area contributed by atoms with Crippen LogP contribution in [-0.4, -0.2) is 65.8 Å². The number of carbonyl (C=O) groups is 2. The predicted octanol–water partition coefficient (Wildman–Crippen LogP) is 3.25. The minimum Gasteiger partial charge on any atom is -0.444 e. The fraction of sp³-hybridized carbons (Fsp3) is 0.385. The summed E-state index contributed by atoms with van der Waals surface area (Å²) in [4.78, 5) is 38.9. The van der Waals surface area contributed by atoms with Gasteiger partial charge in [-0.25, -0.2) is 9.78 Å². The summed E-state index contributed by atoms with van der Waals surface area (Å²) in [6.45, 7) is 6.83. The lowest BCUT2D eigenvalue weighted by Gasteiger charge is -2.28. The quantitative estimate of drug-likeness (QED) is 0.557. The molecule has 0 spiro atoms. The lowest BCUT2D eigenvalue weighted by Crippen LogP contribution is -2.43. The number of pyridine rings is 2. The van der Waals surface area contributed by atoms with Crippen molar-refractivity contribution in [1.82, 2.24) is 29.5 Å². The van der Waals surface area contributed by atoms with Gasteiger partial charge in [0.2, 0.25) is 0 Å². The van der Waals surface area contributed by atoms with Gasteiger partial charge in [-0.1, -0.05) is 6.07 Å². The molecule has 36 heavy (non-hydrogen) atoms. The largest absolute Gasteiger partial charge is 0.444 e. The third-order valence-corrected chi connectivity index (χ3v) is 6.35. The maximum Gasteiger partial charge on any atom is 0.410 e. The monoisotopic (exact) mass is 485 g/mol. The Morgan fingerprint density at radius 2 is 2.06 bits per heavy atom. The van der Waals surface area contributed by atoms with E-state index in [0.29, 0.717) is 48.7 Å². The van der Waals surface area contributed by atoms with E-state index in [1.165, 1.54) is 0 Å². The summed E-state index contributed by atoms with van der Waals surface area (Å²) in [5.41, 5.74) is 2.16. The zero-order chi connectivity index (χ0) is 25.4. The molecule has 5 heterocycles. The number of carbonyl (C=O) groups excluding carboxylic acids is 2. The van der Waals surface area contributed by atoms with Crippen molar-refractivity contribution in [3.63, 3.8) is 0 Å². The molecular weight excluding hydrogens is 458 g/mol. The van der Waals surface area contributed by atoms with Crippen molar-refractivity contribution in [2.75, 3.05) is 6.54 Å². The Morgan fingerprint density at radius 3 is 2.78 bits per heavy atom. The third-order valence-electron chi connectivity index (χ3n) is 6.35. The molecule has 2 amide bonds. The van der Waals surface area contributed by atoms with Crippen LogP contribution >= 0.6 is 0 Å². The standard InChI is InChI=1S/C26H27N7O3/c1-26(2,3)36-25(35)33-16-20(12-19(33)15-31-10-4-8-29-31)32-14-18-5-6-21(30-23(18)24(32)34)22-11-17(13-27)7-9-28-22/h4-11,19-20H,12,14-16H2,1-3H3/t19-,20+/m0/s1. The third kappa shape index (κ3) is 4.64. The van der Waals surface area contributed by atoms with Crippen molar-refractivity contribution in [2.24, 2.45) is 0 Å². The first kappa shape index (κ1) is 23.5. The van der Waals surface area contributed by atoms with Crippen molar-refractivity contribution in [2.45, 2.75) is 58.0 Å². The lowest BCUT2D eigenvalue weighted by atomic mass is 10.1. The van der Waals surface area contributed by atoms with E-state index in [1.807, 2.05) is 45.2 Å². The smallest absolute Gasteiger partial charge is 0.410 e. The fourth-order valence-electron chi connectivity index (χ4n) is 4.73. The molecule has 0 saturated carbocycles. The molecular formula is C26H27N7O3. The first-order valence-electron chi connectivity index (χ1n) is 11.9. The van der Waals surface area contributed by atoms with Crippen LogP contribution in [0.4, 0.5) is 4.79 Å². The van der Waals surface area contributed by atoms with Gasteiger partial charge in [-0.05, 0) is 51.5 Å². The number of rotatable bonds is 4. The van der Waals surface area contributed by atoms with Crippen molar-refractivity contribution in [3.05, 3.63) is 65.7 Å². The van der Waals surface area contributed by atoms with E-state index >= 15 is 0 Å². The molecule has 10 heteroatoms. The number of likely N-dealkylation sites (tertiary alicyclic amines) is 1. The first-order chi connectivity index (χ1) is 17.2. The molecule has 1 saturated heterocycles. The van der Waals surface area contributed by atoms with Crippen LogP contribution in [0.3, 0.4) is 0 Å². The van der Waals surface area contributed by atoms with Crippen LogP contribution in [0.25, 0.3) is 11.4 Å². The highest BCUT2D eigenvalue weighted by molar-refractivity contribution is 5.97. The van der Waals surface area contributed by atoms with Gasteiger partial charge < -0.3 is 14.5 Å². The maximum atomic E-state index is 13.5. The predicted molar refractivity (Wildman–Crippen MR) is 129 cm³/mol. The van der Waals surface area contributed by atoms with Crippen LogP contribution in [0, 0.1) is 11.3 Å². The van der Waals surface area contributed by atoms with Gasteiger partial charge in [-0.2, -0.15) is 10.4 Å². The molecule has 3 aromatic rings. The second kappa shape index (κ2) is 9.07. The first-order valence-corrected chi connectivity index (χ1v) is 11.9. The fourth-order valence-corrected chi connectivity index (χ4v) is 4.73. The zero-order valence-corrected chi connectivity index (χ0v) is 20.5. The second-order valence-corrected chi connectivity index (χ2v) is 10.1. The van der Waals surface area contributed by atoms with E-state index < -0.39 is 11.7 Å². The number of ether oxygens (including phenoxy) is 1. The van der Waals surface area contributed by atoms with Gasteiger partial charge in [0.15, 0.2) is 0 Å². The molecule has 0 bridgehead atoms. The van der Waals surface area contributed by atoms with Gasteiger partial charge in [0.25, 0.3) is 5.91 Å². The number of fused-ring (bicyclic) bond motifs is 1. The Balaban J connectivity index is 1.37. The average Bonchev–Trinajstić information content (AvgIpc) is 3.58. The van der Waals surface area contributed by atoms with Gasteiger partial charge in [0.1, 0.15) is 11.3 Å². The van der Waals surface area contributed by atoms with Crippen LogP contribution in [0.1, 0.15) is 48.8 Å². The average molecular weight is 486 g/mol. The molecule has 0 aliphatic carbocycles. The van der Waals surface area contributed by atoms with Crippen LogP contribution in [0.15, 0.2) is 48.9 Å². The van der Waals surface area contributed by atoms with Crippen LogP contribution in [0.5, 0.6) is 0 Å². The van der Waals surface area contributed by atoms with Crippen LogP contribution in [-0.2, 0) is 17.8 Å². The van der Waals surface area contributed by atoms with E-state index in [1.54, 1.807) is 39.0 Å². The minimum atomic E-state index is -0.623. The molecule has 2 atom stereocenters. The topological polar surface area (TPSA) is 117 Å². The highest BCUT2D eigenvalue weighted by Crippen LogP contribution is 2.32. The van der Waals surface area contributed by atoms with Gasteiger partial charge in [-0.3, -0.25) is 14.5 Å². The van der Waals surface area contributed by atoms with Crippen molar-refractivity contribution in [1.29, 1.82) is 5.26 Å². The van der Waals surface area contributed by atoms with Gasteiger partial charge >= 0.3 is 6.09 Å². The van der Waals surface area contributed by atoms with E-state index in [4.69, 9.17) is 4.74 Å². The van der Waals surface area contributed by atoms with Gasteiger partial charge in [0.05, 0.1) is 41.6 Å². The molecule has 0 unspecified atom stereocenters. The number of nitrogens with zero attached hydrogens (tertiary/aromatic N) is 7. The summed E-state index contributed by atoms with van der Waals surface area (Å²) in [5, 5.41) is 13.5. The number of hydrogen-bond acceptors (Lipinski definition) is 7. The van der Waals surface area contributed by atoms with Gasteiger partial charge in [0, 0.05) is 37.2 Å². The molecule has 0 N–H and O–H groups in total. The highest BCUT2D eigenvalue weighted by atomic mass is 16.6. The van der Waals surface area contributed by atoms with Crippen molar-refractivity contribution >= 4 is 12.0 Å². The van der Waals surface area contributed by atoms with Crippen molar-refractivity contribution < 1.29 is 14.3 Å². The van der Waals surface area contributed by atoms with E-state index in [0.717, 1.165) is 5.56 Å². The van der Waals surface area contributed by atoms with E-state index in [2.05, 4.69) is 21.1 Å². The zero-order valence-electron chi connectivity index (χ0n) is 20.5. The highest BCUT2D eigenvalue weighted by Gasteiger charge is 2.44. The van der Waals surface area contributed by atoms with Crippen molar-refractivity contribution in [3.8, 4) is 17.5 Å². The Kier molecular flexibility index (Phi) is 5.92. The van der Waals surface area contributed by atoms with Gasteiger partial charge in [-0.15, -0.1) is 0 Å². The number of hydrogen-bond donors (Lipinski definition) is 0. The van der Waals surface area contributed by atoms with Crippen LogP contribution in [0.2, 0.25) is 0 Å². The summed E-state index contributed by atoms with van der Waals surface area (Å²) in [7, 11) is 0.